The molecule has 1 aliphatic heterocycles. The molecule has 2 aliphatic rings. The molecule has 0 bridgehead atoms. The lowest BCUT2D eigenvalue weighted by molar-refractivity contribution is -0.123. The fraction of sp³-hybridized carbons (Fsp3) is 0.667. The summed E-state index contributed by atoms with van der Waals surface area (Å²) >= 11 is 0. The van der Waals surface area contributed by atoms with Gasteiger partial charge in [0.25, 0.3) is 5.91 Å². The first kappa shape index (κ1) is 7.65. The van der Waals surface area contributed by atoms with Crippen LogP contribution >= 0.6 is 0 Å². The van der Waals surface area contributed by atoms with E-state index in [9.17, 15) is 4.79 Å². The minimum atomic E-state index is -0.309. The van der Waals surface area contributed by atoms with E-state index in [2.05, 4.69) is 24.1 Å². The molecule has 1 aliphatic carbocycles. The number of carbonyl (C=O) groups excluding carboxylic acids is 1. The number of nitrogens with one attached hydrogen (secondary N) is 2. The number of carbonyl (C=O) groups is 1. The van der Waals surface area contributed by atoms with Crippen molar-refractivity contribution >= 4 is 5.91 Å². The van der Waals surface area contributed by atoms with Crippen LogP contribution in [0.3, 0.4) is 0 Å². The third-order valence-electron chi connectivity index (χ3n) is 2.85. The molecule has 2 rings (SSSR count). The van der Waals surface area contributed by atoms with Gasteiger partial charge in [-0.25, -0.2) is 0 Å². The van der Waals surface area contributed by atoms with Crippen LogP contribution in [0.25, 0.3) is 0 Å². The highest BCUT2D eigenvalue weighted by molar-refractivity contribution is 5.91. The Morgan fingerprint density at radius 1 is 1.67 bits per heavy atom. The van der Waals surface area contributed by atoms with Gasteiger partial charge in [-0.1, -0.05) is 13.5 Å². The lowest BCUT2D eigenvalue weighted by Crippen LogP contribution is -2.43. The van der Waals surface area contributed by atoms with Gasteiger partial charge in [-0.2, -0.15) is 0 Å². The maximum Gasteiger partial charge on any atom is 0.251 e. The van der Waals surface area contributed by atoms with Crippen molar-refractivity contribution in [2.45, 2.75) is 31.7 Å². The molecule has 3 heteroatoms. The summed E-state index contributed by atoms with van der Waals surface area (Å²) < 4.78 is 0. The lowest BCUT2D eigenvalue weighted by Gasteiger charge is -2.19. The molecule has 0 radical (unpaired) electrons. The molecule has 1 spiro atoms. The zero-order valence-electron chi connectivity index (χ0n) is 7.31. The second-order valence-electron chi connectivity index (χ2n) is 3.99. The molecule has 1 heterocycles. The summed E-state index contributed by atoms with van der Waals surface area (Å²) in [7, 11) is 0. The van der Waals surface area contributed by atoms with Gasteiger partial charge in [0.1, 0.15) is 5.54 Å². The minimum Gasteiger partial charge on any atom is -0.358 e. The predicted octanol–water partition coefficient (Wildman–Crippen LogP) is 0.736. The molecule has 0 aromatic heterocycles. The highest BCUT2D eigenvalue weighted by Gasteiger charge is 2.47. The molecule has 0 aromatic rings. The average Bonchev–Trinajstić information content (AvgIpc) is 2.43. The van der Waals surface area contributed by atoms with Crippen molar-refractivity contribution in [1.29, 1.82) is 0 Å². The van der Waals surface area contributed by atoms with E-state index in [-0.39, 0.29) is 11.4 Å². The quantitative estimate of drug-likeness (QED) is 0.557. The summed E-state index contributed by atoms with van der Waals surface area (Å²) in [4.78, 5) is 11.5. The molecular formula is C9H14N2O. The van der Waals surface area contributed by atoms with Crippen LogP contribution in [0, 0.1) is 5.92 Å². The molecule has 2 N–H and O–H groups in total. The van der Waals surface area contributed by atoms with E-state index < -0.39 is 0 Å². The van der Waals surface area contributed by atoms with Crippen molar-refractivity contribution in [1.82, 2.24) is 10.6 Å². The summed E-state index contributed by atoms with van der Waals surface area (Å²) in [6.07, 6.45) is 3.02. The fourth-order valence-corrected chi connectivity index (χ4v) is 2.25. The summed E-state index contributed by atoms with van der Waals surface area (Å²) in [5.41, 5.74) is -0.309. The van der Waals surface area contributed by atoms with E-state index >= 15 is 0 Å². The van der Waals surface area contributed by atoms with Gasteiger partial charge in [-0.05, 0) is 25.2 Å². The Morgan fingerprint density at radius 3 is 2.83 bits per heavy atom. The molecular weight excluding hydrogens is 152 g/mol. The Balaban J connectivity index is 2.22. The second kappa shape index (κ2) is 2.25. The molecule has 66 valence electrons. The van der Waals surface area contributed by atoms with Crippen LogP contribution in [0.5, 0.6) is 0 Å². The van der Waals surface area contributed by atoms with Crippen LogP contribution < -0.4 is 10.6 Å². The Bertz CT molecular complexity index is 249. The fourth-order valence-electron chi connectivity index (χ4n) is 2.25. The standard InChI is InChI=1S/C9H14N2O/c1-6-3-4-9(5-6)8(12)10-7(2)11-9/h6,11H,2-5H2,1H3,(H,10,12)/t6-,9?/m0/s1. The molecule has 3 nitrogen and oxygen atoms in total. The van der Waals surface area contributed by atoms with Crippen molar-refractivity contribution in [2.75, 3.05) is 0 Å². The van der Waals surface area contributed by atoms with E-state index in [1.165, 1.54) is 0 Å². The molecule has 1 unspecified atom stereocenters. The van der Waals surface area contributed by atoms with Gasteiger partial charge in [-0.3, -0.25) is 4.79 Å². The topological polar surface area (TPSA) is 41.1 Å². The summed E-state index contributed by atoms with van der Waals surface area (Å²) in [6, 6.07) is 0. The van der Waals surface area contributed by atoms with E-state index in [0.717, 1.165) is 19.3 Å². The first-order valence-electron chi connectivity index (χ1n) is 4.41. The lowest BCUT2D eigenvalue weighted by atomic mass is 9.97. The molecule has 2 fully saturated rings. The van der Waals surface area contributed by atoms with Crippen molar-refractivity contribution < 1.29 is 4.79 Å². The van der Waals surface area contributed by atoms with Gasteiger partial charge in [-0.15, -0.1) is 0 Å². The van der Waals surface area contributed by atoms with E-state index in [1.54, 1.807) is 0 Å². The molecule has 1 saturated carbocycles. The molecule has 1 amide bonds. The molecule has 0 aromatic carbocycles. The minimum absolute atomic E-state index is 0.108. The Morgan fingerprint density at radius 2 is 2.42 bits per heavy atom. The van der Waals surface area contributed by atoms with Crippen molar-refractivity contribution in [2.24, 2.45) is 5.92 Å². The molecule has 2 atom stereocenters. The van der Waals surface area contributed by atoms with Crippen molar-refractivity contribution in [3.63, 3.8) is 0 Å². The summed E-state index contributed by atoms with van der Waals surface area (Å²) in [6.45, 7) is 5.89. The largest absolute Gasteiger partial charge is 0.358 e. The van der Waals surface area contributed by atoms with Gasteiger partial charge in [0.05, 0.1) is 5.82 Å². The van der Waals surface area contributed by atoms with Crippen molar-refractivity contribution in [3.05, 3.63) is 12.4 Å². The second-order valence-corrected chi connectivity index (χ2v) is 3.99. The Labute approximate surface area is 72.2 Å². The smallest absolute Gasteiger partial charge is 0.251 e. The van der Waals surface area contributed by atoms with Gasteiger partial charge in [0.15, 0.2) is 0 Å². The van der Waals surface area contributed by atoms with Gasteiger partial charge in [0, 0.05) is 0 Å². The Kier molecular flexibility index (Phi) is 1.43. The third-order valence-corrected chi connectivity index (χ3v) is 2.85. The van der Waals surface area contributed by atoms with Crippen LogP contribution in [0.15, 0.2) is 12.4 Å². The van der Waals surface area contributed by atoms with Crippen LogP contribution in [-0.4, -0.2) is 11.4 Å². The zero-order valence-corrected chi connectivity index (χ0v) is 7.31. The van der Waals surface area contributed by atoms with E-state index in [1.807, 2.05) is 0 Å². The first-order valence-corrected chi connectivity index (χ1v) is 4.41. The van der Waals surface area contributed by atoms with E-state index in [4.69, 9.17) is 0 Å². The number of amides is 1. The monoisotopic (exact) mass is 166 g/mol. The van der Waals surface area contributed by atoms with Gasteiger partial charge < -0.3 is 10.6 Å². The number of hydrogen-bond acceptors (Lipinski definition) is 2. The maximum absolute atomic E-state index is 11.5. The highest BCUT2D eigenvalue weighted by Crippen LogP contribution is 2.36. The summed E-state index contributed by atoms with van der Waals surface area (Å²) in [5, 5.41) is 5.88. The highest BCUT2D eigenvalue weighted by atomic mass is 16.2. The van der Waals surface area contributed by atoms with E-state index in [0.29, 0.717) is 11.7 Å². The zero-order chi connectivity index (χ0) is 8.77. The first-order chi connectivity index (χ1) is 5.62. The SMILES string of the molecule is C=C1NC(=O)C2(CC[C@H](C)C2)N1. The average molecular weight is 166 g/mol. The van der Waals surface area contributed by atoms with Crippen molar-refractivity contribution in [3.8, 4) is 0 Å². The van der Waals surface area contributed by atoms with Crippen LogP contribution in [0.1, 0.15) is 26.2 Å². The Hall–Kier alpha value is -0.990. The third kappa shape index (κ3) is 0.924. The molecule has 12 heavy (non-hydrogen) atoms. The maximum atomic E-state index is 11.5. The van der Waals surface area contributed by atoms with Crippen LogP contribution in [0.2, 0.25) is 0 Å². The normalized spacial score (nSPS) is 40.2. The van der Waals surface area contributed by atoms with Gasteiger partial charge >= 0.3 is 0 Å². The van der Waals surface area contributed by atoms with Crippen LogP contribution in [0.4, 0.5) is 0 Å². The number of hydrogen-bond donors (Lipinski definition) is 2. The number of rotatable bonds is 0. The van der Waals surface area contributed by atoms with Crippen LogP contribution in [-0.2, 0) is 4.79 Å². The predicted molar refractivity (Wildman–Crippen MR) is 46.2 cm³/mol. The summed E-state index contributed by atoms with van der Waals surface area (Å²) in [5.74, 6) is 1.42. The molecule has 1 saturated heterocycles. The van der Waals surface area contributed by atoms with Gasteiger partial charge in [0.2, 0.25) is 0 Å².